The molecular formula is C19H17N5O3. The quantitative estimate of drug-likeness (QED) is 0.520. The molecule has 8 nitrogen and oxygen atoms in total. The first-order valence-corrected chi connectivity index (χ1v) is 8.26. The van der Waals surface area contributed by atoms with Crippen LogP contribution < -0.4 is 9.47 Å². The molecule has 0 spiro atoms. The molecule has 4 aromatic rings. The van der Waals surface area contributed by atoms with E-state index in [2.05, 4.69) is 20.4 Å². The summed E-state index contributed by atoms with van der Waals surface area (Å²) in [5.74, 6) is 2.57. The van der Waals surface area contributed by atoms with Gasteiger partial charge in [-0.3, -0.25) is 0 Å². The zero-order valence-electron chi connectivity index (χ0n) is 14.9. The van der Waals surface area contributed by atoms with Crippen LogP contribution in [0.15, 0.2) is 59.2 Å². The summed E-state index contributed by atoms with van der Waals surface area (Å²) in [7, 11) is 3.25. The summed E-state index contributed by atoms with van der Waals surface area (Å²) in [5.41, 5.74) is 2.40. The molecule has 0 aliphatic carbocycles. The molecule has 2 aromatic carbocycles. The van der Waals surface area contributed by atoms with Crippen molar-refractivity contribution in [1.29, 1.82) is 0 Å². The SMILES string of the molecule is COc1ccc(-c2nc(Cn3nnc(-c4cccc(OC)c4)n3)co2)cc1. The highest BCUT2D eigenvalue weighted by atomic mass is 16.5. The maximum Gasteiger partial charge on any atom is 0.226 e. The third-order valence-electron chi connectivity index (χ3n) is 3.97. The minimum atomic E-state index is 0.358. The Morgan fingerprint density at radius 3 is 2.56 bits per heavy atom. The van der Waals surface area contributed by atoms with Crippen molar-refractivity contribution >= 4 is 0 Å². The second kappa shape index (κ2) is 7.28. The first kappa shape index (κ1) is 16.8. The van der Waals surface area contributed by atoms with Gasteiger partial charge in [-0.05, 0) is 41.6 Å². The lowest BCUT2D eigenvalue weighted by molar-refractivity contribution is 0.414. The number of benzene rings is 2. The molecule has 0 amide bonds. The van der Waals surface area contributed by atoms with Crippen LogP contribution in [0.25, 0.3) is 22.8 Å². The fourth-order valence-electron chi connectivity index (χ4n) is 2.58. The van der Waals surface area contributed by atoms with E-state index >= 15 is 0 Å². The molecule has 2 aromatic heterocycles. The lowest BCUT2D eigenvalue weighted by Gasteiger charge is -2.00. The van der Waals surface area contributed by atoms with Crippen molar-refractivity contribution in [2.24, 2.45) is 0 Å². The van der Waals surface area contributed by atoms with Crippen molar-refractivity contribution in [3.8, 4) is 34.3 Å². The molecule has 0 aliphatic rings. The average molecular weight is 363 g/mol. The number of rotatable bonds is 6. The fraction of sp³-hybridized carbons (Fsp3) is 0.158. The predicted octanol–water partition coefficient (Wildman–Crippen LogP) is 3.06. The van der Waals surface area contributed by atoms with Crippen LogP contribution in [0.3, 0.4) is 0 Å². The number of hydrogen-bond donors (Lipinski definition) is 0. The molecule has 0 saturated carbocycles. The largest absolute Gasteiger partial charge is 0.497 e. The maximum atomic E-state index is 5.56. The molecule has 136 valence electrons. The second-order valence-electron chi connectivity index (χ2n) is 5.75. The fourth-order valence-corrected chi connectivity index (χ4v) is 2.58. The van der Waals surface area contributed by atoms with Crippen LogP contribution >= 0.6 is 0 Å². The molecule has 0 bridgehead atoms. The van der Waals surface area contributed by atoms with Crippen molar-refractivity contribution in [2.75, 3.05) is 14.2 Å². The van der Waals surface area contributed by atoms with E-state index in [0.717, 1.165) is 22.6 Å². The highest BCUT2D eigenvalue weighted by molar-refractivity contribution is 5.56. The number of oxazole rings is 1. The van der Waals surface area contributed by atoms with Gasteiger partial charge in [0.1, 0.15) is 30.0 Å². The van der Waals surface area contributed by atoms with Crippen molar-refractivity contribution in [3.63, 3.8) is 0 Å². The Kier molecular flexibility index (Phi) is 4.52. The number of aromatic nitrogens is 5. The first-order valence-electron chi connectivity index (χ1n) is 8.26. The molecule has 0 atom stereocenters. The van der Waals surface area contributed by atoms with E-state index in [1.165, 1.54) is 4.80 Å². The average Bonchev–Trinajstić information content (AvgIpc) is 3.38. The smallest absolute Gasteiger partial charge is 0.226 e. The van der Waals surface area contributed by atoms with Crippen LogP contribution in [0, 0.1) is 0 Å². The predicted molar refractivity (Wildman–Crippen MR) is 97.4 cm³/mol. The summed E-state index contributed by atoms with van der Waals surface area (Å²) in [6.45, 7) is 0.358. The molecule has 27 heavy (non-hydrogen) atoms. The Labute approximate surface area is 155 Å². The summed E-state index contributed by atoms with van der Waals surface area (Å²) < 4.78 is 15.9. The molecule has 8 heteroatoms. The monoisotopic (exact) mass is 363 g/mol. The van der Waals surface area contributed by atoms with Crippen LogP contribution in [0.4, 0.5) is 0 Å². The van der Waals surface area contributed by atoms with Crippen LogP contribution in [0.2, 0.25) is 0 Å². The molecule has 0 radical (unpaired) electrons. The van der Waals surface area contributed by atoms with Gasteiger partial charge in [-0.15, -0.1) is 10.2 Å². The van der Waals surface area contributed by atoms with E-state index in [4.69, 9.17) is 13.9 Å². The van der Waals surface area contributed by atoms with Gasteiger partial charge in [0.05, 0.1) is 14.2 Å². The summed E-state index contributed by atoms with van der Waals surface area (Å²) in [6, 6.07) is 15.0. The zero-order valence-corrected chi connectivity index (χ0v) is 14.9. The van der Waals surface area contributed by atoms with Gasteiger partial charge in [0, 0.05) is 11.1 Å². The summed E-state index contributed by atoms with van der Waals surface area (Å²) in [4.78, 5) is 5.96. The normalized spacial score (nSPS) is 10.7. The molecule has 4 rings (SSSR count). The van der Waals surface area contributed by atoms with Gasteiger partial charge in [0.15, 0.2) is 0 Å². The second-order valence-corrected chi connectivity index (χ2v) is 5.75. The highest BCUT2D eigenvalue weighted by Gasteiger charge is 2.11. The van der Waals surface area contributed by atoms with Gasteiger partial charge < -0.3 is 13.9 Å². The summed E-state index contributed by atoms with van der Waals surface area (Å²) in [6.07, 6.45) is 1.59. The third-order valence-corrected chi connectivity index (χ3v) is 3.97. The first-order chi connectivity index (χ1) is 13.2. The molecule has 0 fully saturated rings. The molecule has 0 aliphatic heterocycles. The van der Waals surface area contributed by atoms with Gasteiger partial charge in [0.2, 0.25) is 11.7 Å². The summed E-state index contributed by atoms with van der Waals surface area (Å²) in [5, 5.41) is 12.6. The Morgan fingerprint density at radius 2 is 1.78 bits per heavy atom. The van der Waals surface area contributed by atoms with Crippen LogP contribution in [0.5, 0.6) is 11.5 Å². The van der Waals surface area contributed by atoms with E-state index < -0.39 is 0 Å². The van der Waals surface area contributed by atoms with Gasteiger partial charge >= 0.3 is 0 Å². The van der Waals surface area contributed by atoms with E-state index in [1.54, 1.807) is 20.5 Å². The van der Waals surface area contributed by atoms with Crippen molar-refractivity contribution < 1.29 is 13.9 Å². The summed E-state index contributed by atoms with van der Waals surface area (Å²) >= 11 is 0. The van der Waals surface area contributed by atoms with Gasteiger partial charge in [-0.25, -0.2) is 4.98 Å². The van der Waals surface area contributed by atoms with E-state index in [0.29, 0.717) is 24.0 Å². The standard InChI is InChI=1S/C19H17N5O3/c1-25-16-8-6-13(7-9-16)19-20-15(12-27-19)11-24-22-18(21-23-24)14-4-3-5-17(10-14)26-2/h3-10,12H,11H2,1-2H3. The van der Waals surface area contributed by atoms with Crippen molar-refractivity contribution in [1.82, 2.24) is 25.2 Å². The number of tetrazole rings is 1. The minimum Gasteiger partial charge on any atom is -0.497 e. The van der Waals surface area contributed by atoms with Crippen LogP contribution in [-0.4, -0.2) is 39.4 Å². The van der Waals surface area contributed by atoms with E-state index in [-0.39, 0.29) is 0 Å². The number of hydrogen-bond acceptors (Lipinski definition) is 7. The minimum absolute atomic E-state index is 0.358. The number of nitrogens with zero attached hydrogens (tertiary/aromatic N) is 5. The zero-order chi connectivity index (χ0) is 18.6. The topological polar surface area (TPSA) is 88.1 Å². The van der Waals surface area contributed by atoms with Crippen LogP contribution in [-0.2, 0) is 6.54 Å². The van der Waals surface area contributed by atoms with Crippen molar-refractivity contribution in [2.45, 2.75) is 6.54 Å². The lowest BCUT2D eigenvalue weighted by Crippen LogP contribution is -2.04. The van der Waals surface area contributed by atoms with Crippen LogP contribution in [0.1, 0.15) is 5.69 Å². The molecule has 0 saturated heterocycles. The Morgan fingerprint density at radius 1 is 0.963 bits per heavy atom. The Hall–Kier alpha value is -3.68. The Balaban J connectivity index is 1.50. The number of methoxy groups -OCH3 is 2. The highest BCUT2D eigenvalue weighted by Crippen LogP contribution is 2.22. The molecule has 2 heterocycles. The van der Waals surface area contributed by atoms with Gasteiger partial charge in [-0.1, -0.05) is 12.1 Å². The van der Waals surface area contributed by atoms with Gasteiger partial charge in [-0.2, -0.15) is 4.80 Å². The Bertz CT molecular complexity index is 1040. The molecule has 0 N–H and O–H groups in total. The van der Waals surface area contributed by atoms with E-state index in [1.807, 2.05) is 48.5 Å². The molecular weight excluding hydrogens is 346 g/mol. The number of ether oxygens (including phenoxy) is 2. The van der Waals surface area contributed by atoms with Crippen molar-refractivity contribution in [3.05, 3.63) is 60.5 Å². The van der Waals surface area contributed by atoms with E-state index in [9.17, 15) is 0 Å². The lowest BCUT2D eigenvalue weighted by atomic mass is 10.2. The van der Waals surface area contributed by atoms with Gasteiger partial charge in [0.25, 0.3) is 0 Å². The maximum absolute atomic E-state index is 5.56. The third kappa shape index (κ3) is 3.64. The molecule has 0 unspecified atom stereocenters.